The quantitative estimate of drug-likeness (QED) is 0.172. The maximum atomic E-state index is 13.7. The van der Waals surface area contributed by atoms with E-state index in [1.54, 1.807) is 6.07 Å². The Bertz CT molecular complexity index is 1360. The van der Waals surface area contributed by atoms with Gasteiger partial charge in [0.1, 0.15) is 0 Å². The molecule has 0 spiro atoms. The normalized spacial score (nSPS) is 13.8. The number of nitrogens with zero attached hydrogens (tertiary/aromatic N) is 1. The summed E-state index contributed by atoms with van der Waals surface area (Å²) in [5.74, 6) is 0.478. The second-order valence-corrected chi connectivity index (χ2v) is 12.0. The summed E-state index contributed by atoms with van der Waals surface area (Å²) in [4.78, 5) is 12.9. The van der Waals surface area contributed by atoms with Crippen LogP contribution < -0.4 is 20.1 Å². The number of nitrogens with one attached hydrogen (secondary N) is 2. The van der Waals surface area contributed by atoms with E-state index in [2.05, 4.69) is 10.6 Å². The third-order valence-electron chi connectivity index (χ3n) is 6.40. The number of carbonyl (C=O) groups is 1. The molecule has 3 N–H and O–H groups in total. The van der Waals surface area contributed by atoms with E-state index in [4.69, 9.17) is 9.47 Å². The van der Waals surface area contributed by atoms with Crippen molar-refractivity contribution in [3.63, 3.8) is 0 Å². The Hall–Kier alpha value is -2.47. The molecule has 1 aliphatic heterocycles. The molecule has 0 aromatic heterocycles. The molecule has 2 atom stereocenters. The van der Waals surface area contributed by atoms with Gasteiger partial charge in [0.15, 0.2) is 11.5 Å². The Kier molecular flexibility index (Phi) is 12.6. The summed E-state index contributed by atoms with van der Waals surface area (Å²) in [6.45, 7) is 4.13. The number of fused-ring (bicyclic) bond motifs is 1. The number of amides is 1. The largest absolute Gasteiger partial charge is 0.454 e. The topological polar surface area (TPSA) is 117 Å². The second-order valence-electron chi connectivity index (χ2n) is 10.1. The third kappa shape index (κ3) is 9.52. The van der Waals surface area contributed by atoms with Crippen molar-refractivity contribution >= 4 is 21.6 Å². The van der Waals surface area contributed by atoms with Crippen molar-refractivity contribution < 1.29 is 65.5 Å². The predicted octanol–water partition coefficient (Wildman–Crippen LogP) is 3.47. The molecule has 1 heterocycles. The maximum Gasteiger partial charge on any atom is 0.243 e. The van der Waals surface area contributed by atoms with E-state index < -0.39 is 22.2 Å². The van der Waals surface area contributed by atoms with Gasteiger partial charge in [-0.2, -0.15) is 4.31 Å². The molecule has 3 aromatic rings. The molecule has 0 bridgehead atoms. The van der Waals surface area contributed by atoms with Crippen LogP contribution in [-0.4, -0.2) is 62.3 Å². The summed E-state index contributed by atoms with van der Waals surface area (Å²) in [5.41, 5.74) is 1.79. The van der Waals surface area contributed by atoms with Gasteiger partial charge in [-0.25, -0.2) is 8.42 Å². The number of rotatable bonds is 14. The molecular formula is C30H36HoN3O6S-. The van der Waals surface area contributed by atoms with Crippen LogP contribution in [0.15, 0.2) is 83.8 Å². The van der Waals surface area contributed by atoms with Crippen LogP contribution in [0, 0.1) is 50.1 Å². The zero-order valence-electron chi connectivity index (χ0n) is 23.0. The number of hydrogen-bond donors (Lipinski definition) is 3. The summed E-state index contributed by atoms with van der Waals surface area (Å²) in [5, 5.41) is 17.4. The fourth-order valence-corrected chi connectivity index (χ4v) is 6.05. The fraction of sp³-hybridized carbons (Fsp3) is 0.333. The number of sulfonamides is 1. The van der Waals surface area contributed by atoms with Gasteiger partial charge in [0.2, 0.25) is 16.8 Å². The van der Waals surface area contributed by atoms with Crippen LogP contribution in [0.3, 0.4) is 0 Å². The van der Waals surface area contributed by atoms with Crippen LogP contribution in [-0.2, 0) is 21.2 Å². The first kappa shape index (κ1) is 33.0. The van der Waals surface area contributed by atoms with Crippen molar-refractivity contribution in [1.29, 1.82) is 0 Å². The SMILES string of the molecule is CC(C)CN(C[C@@H](O)[C@H](Cc1ccccc1)NC(=O)[CH-]CNc1ccccc1)S(=O)(=O)c1ccc2c(c1)OCO2.[Ho]. The Morgan fingerprint density at radius 2 is 1.63 bits per heavy atom. The Balaban J connectivity index is 0.00000462. The number of anilines is 1. The van der Waals surface area contributed by atoms with Crippen molar-refractivity contribution in [2.45, 2.75) is 37.3 Å². The van der Waals surface area contributed by atoms with Gasteiger partial charge in [0.05, 0.1) is 22.9 Å². The minimum absolute atomic E-state index is 0. The molecule has 0 aliphatic carbocycles. The minimum atomic E-state index is -3.99. The number of hydrogen-bond acceptors (Lipinski definition) is 7. The standard InChI is InChI=1S/C30H36N3O6S.Ho/c1-22(2)19-33(40(36,37)25-13-14-28-29(18-25)39-21-38-28)20-27(34)26(17-23-9-5-3-6-10-23)32-30(35)15-16-31-24-11-7-4-8-12-24;/h3-15,18,22,26-27,31,34H,16-17,19-21H2,1-2H3,(H,32,35);/q-1;/t26-,27+;/m0./s1. The number of para-hydroxylation sites is 1. The van der Waals surface area contributed by atoms with Crippen molar-refractivity contribution in [1.82, 2.24) is 9.62 Å². The van der Waals surface area contributed by atoms with Crippen LogP contribution >= 0.6 is 0 Å². The smallest absolute Gasteiger partial charge is 0.243 e. The van der Waals surface area contributed by atoms with Crippen molar-refractivity contribution in [2.75, 3.05) is 31.7 Å². The van der Waals surface area contributed by atoms with Crippen LogP contribution in [0.4, 0.5) is 5.69 Å². The molecule has 0 unspecified atom stereocenters. The molecule has 3 aromatic carbocycles. The molecule has 0 saturated carbocycles. The average Bonchev–Trinajstić information content (AvgIpc) is 3.41. The van der Waals surface area contributed by atoms with Gasteiger partial charge < -0.3 is 30.0 Å². The zero-order chi connectivity index (χ0) is 28.5. The first-order valence-corrected chi connectivity index (χ1v) is 14.7. The maximum absolute atomic E-state index is 13.7. The first-order chi connectivity index (χ1) is 19.2. The Labute approximate surface area is 272 Å². The third-order valence-corrected chi connectivity index (χ3v) is 8.23. The van der Waals surface area contributed by atoms with E-state index in [-0.39, 0.29) is 74.3 Å². The first-order valence-electron chi connectivity index (χ1n) is 13.3. The zero-order valence-corrected chi connectivity index (χ0v) is 25.7. The van der Waals surface area contributed by atoms with E-state index in [1.807, 2.05) is 74.5 Å². The summed E-state index contributed by atoms with van der Waals surface area (Å²) in [6, 6.07) is 22.7. The summed E-state index contributed by atoms with van der Waals surface area (Å²) >= 11 is 0. The van der Waals surface area contributed by atoms with Crippen molar-refractivity contribution in [3.05, 3.63) is 90.8 Å². The number of benzene rings is 3. The van der Waals surface area contributed by atoms with Gasteiger partial charge >= 0.3 is 0 Å². The molecule has 1 amide bonds. The molecule has 0 fully saturated rings. The fourth-order valence-electron chi connectivity index (χ4n) is 4.41. The Morgan fingerprint density at radius 1 is 0.976 bits per heavy atom. The molecule has 225 valence electrons. The van der Waals surface area contributed by atoms with E-state index in [1.165, 1.54) is 22.9 Å². The summed E-state index contributed by atoms with van der Waals surface area (Å²) in [6.07, 6.45) is 0.613. The molecule has 9 nitrogen and oxygen atoms in total. The van der Waals surface area contributed by atoms with Crippen LogP contribution in [0.2, 0.25) is 0 Å². The molecular weight excluding hydrogens is 695 g/mol. The van der Waals surface area contributed by atoms with E-state index in [9.17, 15) is 18.3 Å². The predicted molar refractivity (Wildman–Crippen MR) is 153 cm³/mol. The van der Waals surface area contributed by atoms with Gasteiger partial charge in [-0.15, -0.1) is 0 Å². The van der Waals surface area contributed by atoms with Gasteiger partial charge in [-0.05, 0) is 42.2 Å². The molecule has 1 radical (unpaired) electrons. The van der Waals surface area contributed by atoms with Crippen LogP contribution in [0.25, 0.3) is 0 Å². The second kappa shape index (κ2) is 15.7. The van der Waals surface area contributed by atoms with E-state index in [0.717, 1.165) is 11.3 Å². The molecule has 0 saturated heterocycles. The Morgan fingerprint density at radius 3 is 2.32 bits per heavy atom. The number of carbonyl (C=O) groups excluding carboxylic acids is 1. The van der Waals surface area contributed by atoms with Crippen LogP contribution in [0.1, 0.15) is 19.4 Å². The molecule has 4 rings (SSSR count). The van der Waals surface area contributed by atoms with Gasteiger partial charge in [0.25, 0.3) is 0 Å². The summed E-state index contributed by atoms with van der Waals surface area (Å²) < 4.78 is 39.4. The number of aliphatic hydroxyl groups excluding tert-OH is 1. The molecule has 41 heavy (non-hydrogen) atoms. The monoisotopic (exact) mass is 731 g/mol. The minimum Gasteiger partial charge on any atom is -0.454 e. The van der Waals surface area contributed by atoms with Gasteiger partial charge in [0, 0.05) is 62.6 Å². The summed E-state index contributed by atoms with van der Waals surface area (Å²) in [7, 11) is -3.99. The van der Waals surface area contributed by atoms with E-state index in [0.29, 0.717) is 24.5 Å². The number of ether oxygens (including phenoxy) is 2. The van der Waals surface area contributed by atoms with Crippen molar-refractivity contribution in [2.24, 2.45) is 5.92 Å². The van der Waals surface area contributed by atoms with Crippen LogP contribution in [0.5, 0.6) is 11.5 Å². The number of aliphatic hydroxyl groups is 1. The van der Waals surface area contributed by atoms with E-state index >= 15 is 0 Å². The molecule has 1 aliphatic rings. The van der Waals surface area contributed by atoms with Gasteiger partial charge in [-0.1, -0.05) is 68.9 Å². The molecule has 11 heteroatoms. The van der Waals surface area contributed by atoms with Gasteiger partial charge in [-0.3, -0.25) is 6.42 Å². The van der Waals surface area contributed by atoms with Crippen molar-refractivity contribution in [3.8, 4) is 11.5 Å². The average molecular weight is 732 g/mol.